The van der Waals surface area contributed by atoms with Crippen LogP contribution in [0.5, 0.6) is 0 Å². The molecule has 1 aromatic rings. The Morgan fingerprint density at radius 2 is 2.06 bits per heavy atom. The van der Waals surface area contributed by atoms with Crippen LogP contribution in [0.1, 0.15) is 18.1 Å². The van der Waals surface area contributed by atoms with E-state index >= 15 is 0 Å². The summed E-state index contributed by atoms with van der Waals surface area (Å²) in [6, 6.07) is 5.56. The molecule has 1 amide bonds. The molecule has 1 rings (SSSR count). The summed E-state index contributed by atoms with van der Waals surface area (Å²) >= 11 is 0. The molecule has 0 aliphatic rings. The van der Waals surface area contributed by atoms with Crippen molar-refractivity contribution >= 4 is 5.91 Å². The SMILES string of the molecule is CNCCC(=O)NCC(O)c1ccc(F)cc1. The molecular weight excluding hydrogens is 223 g/mol. The van der Waals surface area contributed by atoms with Crippen LogP contribution < -0.4 is 10.6 Å². The Hall–Kier alpha value is -1.46. The molecule has 0 spiro atoms. The first-order valence-corrected chi connectivity index (χ1v) is 5.48. The second-order valence-electron chi connectivity index (χ2n) is 3.72. The first-order chi connectivity index (χ1) is 8.13. The zero-order chi connectivity index (χ0) is 12.7. The molecule has 17 heavy (non-hydrogen) atoms. The van der Waals surface area contributed by atoms with Crippen molar-refractivity contribution in [3.63, 3.8) is 0 Å². The van der Waals surface area contributed by atoms with Gasteiger partial charge in [-0.3, -0.25) is 4.79 Å². The van der Waals surface area contributed by atoms with Crippen molar-refractivity contribution in [1.29, 1.82) is 0 Å². The first kappa shape index (κ1) is 13.6. The van der Waals surface area contributed by atoms with Crippen molar-refractivity contribution in [3.05, 3.63) is 35.6 Å². The monoisotopic (exact) mass is 240 g/mol. The molecule has 4 nitrogen and oxygen atoms in total. The lowest BCUT2D eigenvalue weighted by atomic mass is 10.1. The highest BCUT2D eigenvalue weighted by molar-refractivity contribution is 5.76. The highest BCUT2D eigenvalue weighted by Crippen LogP contribution is 2.12. The van der Waals surface area contributed by atoms with Crippen LogP contribution in [-0.4, -0.2) is 31.2 Å². The molecule has 0 radical (unpaired) electrons. The fourth-order valence-corrected chi connectivity index (χ4v) is 1.34. The third kappa shape index (κ3) is 4.93. The van der Waals surface area contributed by atoms with E-state index in [1.165, 1.54) is 24.3 Å². The Labute approximate surface area is 99.8 Å². The van der Waals surface area contributed by atoms with E-state index in [1.807, 2.05) is 0 Å². The Morgan fingerprint density at radius 1 is 1.41 bits per heavy atom. The number of nitrogens with one attached hydrogen (secondary N) is 2. The van der Waals surface area contributed by atoms with Gasteiger partial charge in [-0.1, -0.05) is 12.1 Å². The van der Waals surface area contributed by atoms with Crippen LogP contribution in [0.3, 0.4) is 0 Å². The minimum absolute atomic E-state index is 0.125. The Kier molecular flexibility index (Phi) is 5.59. The largest absolute Gasteiger partial charge is 0.387 e. The lowest BCUT2D eigenvalue weighted by molar-refractivity contribution is -0.121. The number of aliphatic hydroxyl groups is 1. The van der Waals surface area contributed by atoms with Crippen LogP contribution in [0.25, 0.3) is 0 Å². The maximum absolute atomic E-state index is 12.6. The molecule has 94 valence electrons. The summed E-state index contributed by atoms with van der Waals surface area (Å²) in [5.74, 6) is -0.473. The fourth-order valence-electron chi connectivity index (χ4n) is 1.34. The normalized spacial score (nSPS) is 12.2. The molecule has 0 aromatic heterocycles. The molecule has 0 saturated heterocycles. The molecule has 1 atom stereocenters. The Bertz CT molecular complexity index is 354. The second kappa shape index (κ2) is 6.98. The number of benzene rings is 1. The van der Waals surface area contributed by atoms with E-state index < -0.39 is 6.10 Å². The highest BCUT2D eigenvalue weighted by atomic mass is 19.1. The maximum Gasteiger partial charge on any atom is 0.221 e. The highest BCUT2D eigenvalue weighted by Gasteiger charge is 2.09. The van der Waals surface area contributed by atoms with E-state index in [0.717, 1.165) is 0 Å². The fraction of sp³-hybridized carbons (Fsp3) is 0.417. The van der Waals surface area contributed by atoms with Gasteiger partial charge in [0, 0.05) is 19.5 Å². The average molecular weight is 240 g/mol. The summed E-state index contributed by atoms with van der Waals surface area (Å²) in [7, 11) is 1.76. The molecule has 0 aliphatic carbocycles. The van der Waals surface area contributed by atoms with Crippen molar-refractivity contribution in [2.75, 3.05) is 20.1 Å². The predicted octanol–water partition coefficient (Wildman–Crippen LogP) is 0.585. The maximum atomic E-state index is 12.6. The van der Waals surface area contributed by atoms with E-state index in [4.69, 9.17) is 0 Å². The van der Waals surface area contributed by atoms with E-state index in [-0.39, 0.29) is 18.3 Å². The van der Waals surface area contributed by atoms with Gasteiger partial charge in [-0.2, -0.15) is 0 Å². The van der Waals surface area contributed by atoms with Gasteiger partial charge in [-0.15, -0.1) is 0 Å². The Balaban J connectivity index is 2.36. The van der Waals surface area contributed by atoms with Gasteiger partial charge in [0.1, 0.15) is 5.82 Å². The lowest BCUT2D eigenvalue weighted by Gasteiger charge is -2.12. The lowest BCUT2D eigenvalue weighted by Crippen LogP contribution is -2.30. The molecular formula is C12H17FN2O2. The smallest absolute Gasteiger partial charge is 0.221 e. The standard InChI is InChI=1S/C12H17FN2O2/c1-14-7-6-12(17)15-8-11(16)9-2-4-10(13)5-3-9/h2-5,11,14,16H,6-8H2,1H3,(H,15,17). The summed E-state index contributed by atoms with van der Waals surface area (Å²) in [4.78, 5) is 11.3. The number of halogens is 1. The van der Waals surface area contributed by atoms with E-state index in [2.05, 4.69) is 10.6 Å². The summed E-state index contributed by atoms with van der Waals surface area (Å²) in [5, 5.41) is 15.2. The van der Waals surface area contributed by atoms with Gasteiger partial charge in [-0.25, -0.2) is 4.39 Å². The molecule has 0 bridgehead atoms. The topological polar surface area (TPSA) is 61.4 Å². The molecule has 1 unspecified atom stereocenters. The van der Waals surface area contributed by atoms with Crippen molar-refractivity contribution in [2.24, 2.45) is 0 Å². The Morgan fingerprint density at radius 3 is 2.65 bits per heavy atom. The number of hydrogen-bond donors (Lipinski definition) is 3. The van der Waals surface area contributed by atoms with Crippen molar-refractivity contribution in [1.82, 2.24) is 10.6 Å². The molecule has 0 aliphatic heterocycles. The predicted molar refractivity (Wildman–Crippen MR) is 62.9 cm³/mol. The zero-order valence-electron chi connectivity index (χ0n) is 9.74. The second-order valence-corrected chi connectivity index (χ2v) is 3.72. The number of carbonyl (C=O) groups is 1. The van der Waals surface area contributed by atoms with Crippen LogP contribution in [0.2, 0.25) is 0 Å². The summed E-state index contributed by atoms with van der Waals surface area (Å²) < 4.78 is 12.6. The van der Waals surface area contributed by atoms with Crippen molar-refractivity contribution in [3.8, 4) is 0 Å². The molecule has 5 heteroatoms. The van der Waals surface area contributed by atoms with Gasteiger partial charge in [0.2, 0.25) is 5.91 Å². The van der Waals surface area contributed by atoms with Crippen LogP contribution >= 0.6 is 0 Å². The minimum Gasteiger partial charge on any atom is -0.387 e. The third-order valence-electron chi connectivity index (χ3n) is 2.35. The van der Waals surface area contributed by atoms with Crippen LogP contribution in [0, 0.1) is 5.82 Å². The van der Waals surface area contributed by atoms with E-state index in [1.54, 1.807) is 7.05 Å². The summed E-state index contributed by atoms with van der Waals surface area (Å²) in [5.41, 5.74) is 0.584. The van der Waals surface area contributed by atoms with Gasteiger partial charge in [0.25, 0.3) is 0 Å². The zero-order valence-corrected chi connectivity index (χ0v) is 9.74. The van der Waals surface area contributed by atoms with Gasteiger partial charge in [0.05, 0.1) is 6.10 Å². The van der Waals surface area contributed by atoms with Crippen LogP contribution in [0.15, 0.2) is 24.3 Å². The van der Waals surface area contributed by atoms with Crippen molar-refractivity contribution < 1.29 is 14.3 Å². The molecule has 0 heterocycles. The number of rotatable bonds is 6. The minimum atomic E-state index is -0.811. The quantitative estimate of drug-likeness (QED) is 0.682. The van der Waals surface area contributed by atoms with Gasteiger partial charge >= 0.3 is 0 Å². The van der Waals surface area contributed by atoms with Gasteiger partial charge in [0.15, 0.2) is 0 Å². The summed E-state index contributed by atoms with van der Waals surface area (Å²) in [6.07, 6.45) is -0.443. The van der Waals surface area contributed by atoms with Gasteiger partial charge < -0.3 is 15.7 Å². The number of hydrogen-bond acceptors (Lipinski definition) is 3. The molecule has 3 N–H and O–H groups in total. The van der Waals surface area contributed by atoms with Crippen LogP contribution in [0.4, 0.5) is 4.39 Å². The number of aliphatic hydroxyl groups excluding tert-OH is 1. The number of carbonyl (C=O) groups excluding carboxylic acids is 1. The third-order valence-corrected chi connectivity index (χ3v) is 2.35. The van der Waals surface area contributed by atoms with E-state index in [9.17, 15) is 14.3 Å². The van der Waals surface area contributed by atoms with Gasteiger partial charge in [-0.05, 0) is 24.7 Å². The van der Waals surface area contributed by atoms with Crippen LogP contribution in [-0.2, 0) is 4.79 Å². The summed E-state index contributed by atoms with van der Waals surface area (Å²) in [6.45, 7) is 0.729. The van der Waals surface area contributed by atoms with Crippen molar-refractivity contribution in [2.45, 2.75) is 12.5 Å². The molecule has 1 aromatic carbocycles. The van der Waals surface area contributed by atoms with E-state index in [0.29, 0.717) is 18.5 Å². The molecule has 0 saturated carbocycles. The first-order valence-electron chi connectivity index (χ1n) is 5.48. The number of amides is 1. The average Bonchev–Trinajstić information content (AvgIpc) is 2.34. The molecule has 0 fully saturated rings.